The average molecular weight is 252 g/mol. The molecule has 0 saturated carbocycles. The summed E-state index contributed by atoms with van der Waals surface area (Å²) in [4.78, 5) is 23.2. The summed E-state index contributed by atoms with van der Waals surface area (Å²) in [5.41, 5.74) is -0.418. The summed E-state index contributed by atoms with van der Waals surface area (Å²) in [6.07, 6.45) is 2.14. The molecule has 0 bridgehead atoms. The lowest BCUT2D eigenvalue weighted by molar-refractivity contribution is -0.140. The number of carbonyl (C=O) groups excluding carboxylic acids is 2. The van der Waals surface area contributed by atoms with E-state index in [4.69, 9.17) is 4.42 Å². The smallest absolute Gasteiger partial charge is 0.309 e. The standard InChI is InChI=1S/C13H20N2O3/c1-9(8-10-6-5-7-18-10)14-11(16)12(17)15-13(2,3)4/h5-7,9H,8H2,1-4H3,(H,14,16)(H,15,17). The molecule has 1 atom stereocenters. The fourth-order valence-corrected chi connectivity index (χ4v) is 1.47. The Hall–Kier alpha value is -1.78. The van der Waals surface area contributed by atoms with Gasteiger partial charge in [-0.1, -0.05) is 0 Å². The van der Waals surface area contributed by atoms with E-state index >= 15 is 0 Å². The first-order valence-electron chi connectivity index (χ1n) is 5.93. The van der Waals surface area contributed by atoms with Crippen molar-refractivity contribution in [1.29, 1.82) is 0 Å². The number of nitrogens with one attached hydrogen (secondary N) is 2. The zero-order valence-electron chi connectivity index (χ0n) is 11.2. The first-order chi connectivity index (χ1) is 8.28. The summed E-state index contributed by atoms with van der Waals surface area (Å²) in [6.45, 7) is 7.30. The molecule has 0 fully saturated rings. The maximum Gasteiger partial charge on any atom is 0.309 e. The van der Waals surface area contributed by atoms with E-state index in [2.05, 4.69) is 10.6 Å². The molecule has 100 valence electrons. The van der Waals surface area contributed by atoms with Crippen LogP contribution in [0.15, 0.2) is 22.8 Å². The first kappa shape index (κ1) is 14.3. The van der Waals surface area contributed by atoms with E-state index in [1.807, 2.05) is 33.8 Å². The van der Waals surface area contributed by atoms with Crippen molar-refractivity contribution in [2.24, 2.45) is 0 Å². The van der Waals surface area contributed by atoms with Gasteiger partial charge in [-0.05, 0) is 39.8 Å². The topological polar surface area (TPSA) is 71.3 Å². The molecule has 5 nitrogen and oxygen atoms in total. The minimum absolute atomic E-state index is 0.158. The number of carbonyl (C=O) groups is 2. The Morgan fingerprint density at radius 3 is 2.50 bits per heavy atom. The number of rotatable bonds is 3. The predicted molar refractivity (Wildman–Crippen MR) is 67.9 cm³/mol. The molecule has 1 heterocycles. The van der Waals surface area contributed by atoms with Gasteiger partial charge in [-0.15, -0.1) is 0 Å². The molecule has 5 heteroatoms. The normalized spacial score (nSPS) is 12.9. The highest BCUT2D eigenvalue weighted by molar-refractivity contribution is 6.35. The summed E-state index contributed by atoms with van der Waals surface area (Å²) >= 11 is 0. The quantitative estimate of drug-likeness (QED) is 0.795. The highest BCUT2D eigenvalue weighted by Gasteiger charge is 2.21. The van der Waals surface area contributed by atoms with Crippen LogP contribution in [0, 0.1) is 0 Å². The van der Waals surface area contributed by atoms with Crippen LogP contribution in [-0.2, 0) is 16.0 Å². The second-order valence-corrected chi connectivity index (χ2v) is 5.36. The molecule has 0 aliphatic rings. The van der Waals surface area contributed by atoms with E-state index in [1.165, 1.54) is 0 Å². The van der Waals surface area contributed by atoms with Crippen LogP contribution in [0.2, 0.25) is 0 Å². The number of hydrogen-bond acceptors (Lipinski definition) is 3. The van der Waals surface area contributed by atoms with Gasteiger partial charge in [0.05, 0.1) is 6.26 Å². The fourth-order valence-electron chi connectivity index (χ4n) is 1.47. The third kappa shape index (κ3) is 5.03. The zero-order chi connectivity index (χ0) is 13.8. The van der Waals surface area contributed by atoms with Crippen molar-refractivity contribution in [3.8, 4) is 0 Å². The van der Waals surface area contributed by atoms with Crippen molar-refractivity contribution in [3.63, 3.8) is 0 Å². The third-order valence-electron chi connectivity index (χ3n) is 2.16. The maximum atomic E-state index is 11.6. The Bertz CT molecular complexity index is 404. The molecule has 0 spiro atoms. The lowest BCUT2D eigenvalue weighted by Gasteiger charge is -2.20. The Morgan fingerprint density at radius 2 is 2.00 bits per heavy atom. The fraction of sp³-hybridized carbons (Fsp3) is 0.538. The lowest BCUT2D eigenvalue weighted by Crippen LogP contribution is -2.50. The molecule has 0 saturated heterocycles. The van der Waals surface area contributed by atoms with Crippen molar-refractivity contribution in [1.82, 2.24) is 10.6 Å². The van der Waals surface area contributed by atoms with Crippen LogP contribution in [0.3, 0.4) is 0 Å². The third-order valence-corrected chi connectivity index (χ3v) is 2.16. The van der Waals surface area contributed by atoms with Crippen LogP contribution >= 0.6 is 0 Å². The van der Waals surface area contributed by atoms with Crippen LogP contribution in [0.4, 0.5) is 0 Å². The van der Waals surface area contributed by atoms with Gasteiger partial charge in [0, 0.05) is 18.0 Å². The van der Waals surface area contributed by atoms with Gasteiger partial charge in [-0.25, -0.2) is 0 Å². The highest BCUT2D eigenvalue weighted by Crippen LogP contribution is 2.04. The molecule has 1 rings (SSSR count). The molecule has 18 heavy (non-hydrogen) atoms. The van der Waals surface area contributed by atoms with Crippen molar-refractivity contribution in [2.45, 2.75) is 45.7 Å². The molecule has 0 aromatic carbocycles. The number of furan rings is 1. The van der Waals surface area contributed by atoms with Gasteiger partial charge in [-0.3, -0.25) is 9.59 Å². The molecule has 0 aliphatic heterocycles. The van der Waals surface area contributed by atoms with Crippen LogP contribution in [0.1, 0.15) is 33.5 Å². The summed E-state index contributed by atoms with van der Waals surface area (Å²) in [5.74, 6) is -0.461. The summed E-state index contributed by atoms with van der Waals surface area (Å²) in [7, 11) is 0. The summed E-state index contributed by atoms with van der Waals surface area (Å²) in [6, 6.07) is 3.46. The number of hydrogen-bond donors (Lipinski definition) is 2. The molecular weight excluding hydrogens is 232 g/mol. The SMILES string of the molecule is CC(Cc1ccco1)NC(=O)C(=O)NC(C)(C)C. The van der Waals surface area contributed by atoms with Crippen molar-refractivity contribution in [2.75, 3.05) is 0 Å². The largest absolute Gasteiger partial charge is 0.469 e. The molecular formula is C13H20N2O3. The zero-order valence-corrected chi connectivity index (χ0v) is 11.2. The first-order valence-corrected chi connectivity index (χ1v) is 5.93. The van der Waals surface area contributed by atoms with E-state index in [1.54, 1.807) is 12.3 Å². The molecule has 0 radical (unpaired) electrons. The van der Waals surface area contributed by atoms with E-state index in [9.17, 15) is 9.59 Å². The highest BCUT2D eigenvalue weighted by atomic mass is 16.3. The van der Waals surface area contributed by atoms with Gasteiger partial charge in [0.15, 0.2) is 0 Å². The van der Waals surface area contributed by atoms with Crippen molar-refractivity contribution < 1.29 is 14.0 Å². The van der Waals surface area contributed by atoms with Crippen LogP contribution < -0.4 is 10.6 Å². The average Bonchev–Trinajstić information content (AvgIpc) is 2.67. The second kappa shape index (κ2) is 5.71. The second-order valence-electron chi connectivity index (χ2n) is 5.36. The van der Waals surface area contributed by atoms with Crippen LogP contribution in [-0.4, -0.2) is 23.4 Å². The summed E-state index contributed by atoms with van der Waals surface area (Å²) in [5, 5.41) is 5.24. The predicted octanol–water partition coefficient (Wildman–Crippen LogP) is 1.24. The van der Waals surface area contributed by atoms with Gasteiger partial charge < -0.3 is 15.1 Å². The van der Waals surface area contributed by atoms with Crippen molar-refractivity contribution in [3.05, 3.63) is 24.2 Å². The Kier molecular flexibility index (Phi) is 4.53. The van der Waals surface area contributed by atoms with E-state index in [0.717, 1.165) is 5.76 Å². The van der Waals surface area contributed by atoms with Gasteiger partial charge in [-0.2, -0.15) is 0 Å². The molecule has 1 unspecified atom stereocenters. The van der Waals surface area contributed by atoms with Crippen LogP contribution in [0.25, 0.3) is 0 Å². The molecule has 2 amide bonds. The van der Waals surface area contributed by atoms with Gasteiger partial charge in [0.25, 0.3) is 0 Å². The number of amides is 2. The minimum atomic E-state index is -0.621. The van der Waals surface area contributed by atoms with E-state index in [0.29, 0.717) is 6.42 Å². The van der Waals surface area contributed by atoms with E-state index < -0.39 is 17.4 Å². The Morgan fingerprint density at radius 1 is 1.33 bits per heavy atom. The Balaban J connectivity index is 2.42. The monoisotopic (exact) mass is 252 g/mol. The van der Waals surface area contributed by atoms with Crippen molar-refractivity contribution >= 4 is 11.8 Å². The van der Waals surface area contributed by atoms with Gasteiger partial charge in [0.1, 0.15) is 5.76 Å². The maximum absolute atomic E-state index is 11.6. The summed E-state index contributed by atoms with van der Waals surface area (Å²) < 4.78 is 5.17. The molecule has 0 aliphatic carbocycles. The lowest BCUT2D eigenvalue weighted by atomic mass is 10.1. The molecule has 2 N–H and O–H groups in total. The molecule has 1 aromatic rings. The van der Waals surface area contributed by atoms with Crippen LogP contribution in [0.5, 0.6) is 0 Å². The molecule has 1 aromatic heterocycles. The minimum Gasteiger partial charge on any atom is -0.469 e. The van der Waals surface area contributed by atoms with Gasteiger partial charge >= 0.3 is 11.8 Å². The van der Waals surface area contributed by atoms with E-state index in [-0.39, 0.29) is 6.04 Å². The van der Waals surface area contributed by atoms with Gasteiger partial charge in [0.2, 0.25) is 0 Å². The Labute approximate surface area is 107 Å².